The largest absolute Gasteiger partial charge is 0.0706 e. The van der Waals surface area contributed by atoms with Gasteiger partial charge in [-0.05, 0) is 105 Å². The van der Waals surface area contributed by atoms with Gasteiger partial charge in [0.2, 0.25) is 0 Å². The molecule has 30 heavy (non-hydrogen) atoms. The Morgan fingerprint density at radius 3 is 1.20 bits per heavy atom. The molecule has 4 heteroatoms. The van der Waals surface area contributed by atoms with E-state index in [9.17, 15) is 0 Å². The molecule has 0 aliphatic rings. The summed E-state index contributed by atoms with van der Waals surface area (Å²) in [5, 5.41) is 5.69. The average molecular weight is 558 g/mol. The van der Waals surface area contributed by atoms with Crippen LogP contribution in [0.2, 0.25) is 0 Å². The maximum atomic E-state index is 3.93. The van der Waals surface area contributed by atoms with Crippen LogP contribution in [0.15, 0.2) is 69.1 Å². The predicted molar refractivity (Wildman–Crippen MR) is 144 cm³/mol. The molecule has 0 spiro atoms. The highest BCUT2D eigenvalue weighted by molar-refractivity contribution is 9.11. The third-order valence-corrected chi connectivity index (χ3v) is 14.1. The summed E-state index contributed by atoms with van der Waals surface area (Å²) in [6.07, 6.45) is 4.78. The molecule has 2 atom stereocenters. The van der Waals surface area contributed by atoms with Crippen molar-refractivity contribution in [2.75, 3.05) is 0 Å². The SMILES string of the molecule is Cc1c(C)c(/C=C/c2c(C)c(C)c(Br)p2-c2ccccc2)p(-c2ccccc2)c1Br. The first-order valence-electron chi connectivity index (χ1n) is 9.95. The van der Waals surface area contributed by atoms with Crippen LogP contribution in [0, 0.1) is 27.7 Å². The summed E-state index contributed by atoms with van der Waals surface area (Å²) < 4.78 is 2.69. The van der Waals surface area contributed by atoms with Crippen molar-refractivity contribution in [3.8, 4) is 10.6 Å². The third kappa shape index (κ3) is 3.85. The number of halogens is 2. The predicted octanol–water partition coefficient (Wildman–Crippen LogP) is 10.6. The van der Waals surface area contributed by atoms with Crippen molar-refractivity contribution in [3.05, 3.63) is 102 Å². The van der Waals surface area contributed by atoms with Crippen molar-refractivity contribution in [1.29, 1.82) is 0 Å². The van der Waals surface area contributed by atoms with E-state index in [4.69, 9.17) is 0 Å². The standard InChI is InChI=1S/C26H24Br2P2/c1-17-19(3)25(27)29(21-11-7-5-8-12-21)23(17)15-16-24-18(2)20(4)26(28)30(24)22-13-9-6-10-14-22/h5-16H,1-4H3/b16-15+. The molecule has 0 saturated carbocycles. The summed E-state index contributed by atoms with van der Waals surface area (Å²) in [4.78, 5) is 0. The molecule has 0 aliphatic heterocycles. The van der Waals surface area contributed by atoms with E-state index >= 15 is 0 Å². The monoisotopic (exact) mass is 556 g/mol. The smallest absolute Gasteiger partial charge is 0.0450 e. The van der Waals surface area contributed by atoms with Gasteiger partial charge in [-0.25, -0.2) is 0 Å². The quantitative estimate of drug-likeness (QED) is 0.234. The Morgan fingerprint density at radius 1 is 0.533 bits per heavy atom. The van der Waals surface area contributed by atoms with Crippen molar-refractivity contribution < 1.29 is 0 Å². The fraction of sp³-hybridized carbons (Fsp3) is 0.154. The maximum Gasteiger partial charge on any atom is 0.0450 e. The molecule has 2 aromatic carbocycles. The average Bonchev–Trinajstić information content (AvgIpc) is 3.12. The second-order valence-corrected chi connectivity index (χ2v) is 14.6. The van der Waals surface area contributed by atoms with Crippen LogP contribution in [-0.2, 0) is 0 Å². The number of benzene rings is 2. The van der Waals surface area contributed by atoms with E-state index < -0.39 is 15.1 Å². The van der Waals surface area contributed by atoms with Crippen molar-refractivity contribution in [3.63, 3.8) is 0 Å². The molecule has 4 rings (SSSR count). The van der Waals surface area contributed by atoms with Crippen molar-refractivity contribution in [1.82, 2.24) is 0 Å². The molecule has 0 bridgehead atoms. The summed E-state index contributed by atoms with van der Waals surface area (Å²) >= 11 is 7.86. The van der Waals surface area contributed by atoms with Gasteiger partial charge in [-0.3, -0.25) is 0 Å². The molecule has 4 aromatic rings. The summed E-state index contributed by atoms with van der Waals surface area (Å²) in [6, 6.07) is 21.8. The van der Waals surface area contributed by atoms with Gasteiger partial charge in [0, 0.05) is 19.0 Å². The zero-order valence-electron chi connectivity index (χ0n) is 17.6. The Balaban J connectivity index is 1.89. The van der Waals surface area contributed by atoms with E-state index in [0.29, 0.717) is 0 Å². The zero-order valence-corrected chi connectivity index (χ0v) is 22.5. The molecule has 0 nitrogen and oxygen atoms in total. The van der Waals surface area contributed by atoms with Crippen molar-refractivity contribution in [2.45, 2.75) is 27.7 Å². The van der Waals surface area contributed by atoms with Gasteiger partial charge in [0.15, 0.2) is 0 Å². The molecule has 2 aromatic heterocycles. The second-order valence-electron chi connectivity index (χ2n) is 7.53. The Kier molecular flexibility index (Phi) is 6.61. The lowest BCUT2D eigenvalue weighted by Gasteiger charge is -2.07. The first kappa shape index (κ1) is 21.9. The van der Waals surface area contributed by atoms with E-state index in [1.54, 1.807) is 0 Å². The molecular formula is C26H24Br2P2. The molecule has 2 unspecified atom stereocenters. The zero-order chi connectivity index (χ0) is 21.4. The van der Waals surface area contributed by atoms with E-state index in [0.717, 1.165) is 0 Å². The normalized spacial score (nSPS) is 12.7. The van der Waals surface area contributed by atoms with Gasteiger partial charge in [0.1, 0.15) is 0 Å². The van der Waals surface area contributed by atoms with E-state index in [2.05, 4.69) is 132 Å². The molecule has 2 heterocycles. The first-order valence-corrected chi connectivity index (χ1v) is 14.2. The minimum absolute atomic E-state index is 0.520. The minimum atomic E-state index is -0.520. The van der Waals surface area contributed by atoms with Crippen LogP contribution in [0.1, 0.15) is 32.8 Å². The van der Waals surface area contributed by atoms with Crippen LogP contribution in [0.4, 0.5) is 0 Å². The van der Waals surface area contributed by atoms with Crippen LogP contribution >= 0.6 is 46.9 Å². The topological polar surface area (TPSA) is 0 Å². The Bertz CT molecular complexity index is 1130. The Hall–Kier alpha value is -1.30. The highest BCUT2D eigenvalue weighted by Crippen LogP contribution is 2.58. The van der Waals surface area contributed by atoms with Gasteiger partial charge >= 0.3 is 0 Å². The minimum Gasteiger partial charge on any atom is -0.0706 e. The van der Waals surface area contributed by atoms with Crippen LogP contribution in [0.3, 0.4) is 0 Å². The molecule has 152 valence electrons. The van der Waals surface area contributed by atoms with E-state index in [1.165, 1.54) is 51.9 Å². The van der Waals surface area contributed by atoms with Crippen LogP contribution in [-0.4, -0.2) is 0 Å². The molecule has 0 fully saturated rings. The van der Waals surface area contributed by atoms with Gasteiger partial charge in [-0.1, -0.05) is 75.7 Å². The van der Waals surface area contributed by atoms with Gasteiger partial charge < -0.3 is 0 Å². The summed E-state index contributed by atoms with van der Waals surface area (Å²) in [6.45, 7) is 8.99. The number of hydrogen-bond donors (Lipinski definition) is 0. The van der Waals surface area contributed by atoms with Crippen LogP contribution < -0.4 is 0 Å². The Morgan fingerprint density at radius 2 is 0.867 bits per heavy atom. The number of rotatable bonds is 4. The lowest BCUT2D eigenvalue weighted by atomic mass is 10.1. The van der Waals surface area contributed by atoms with Crippen molar-refractivity contribution >= 4 is 59.1 Å². The highest BCUT2D eigenvalue weighted by atomic mass is 79.9. The second kappa shape index (κ2) is 9.05. The maximum absolute atomic E-state index is 3.93. The van der Waals surface area contributed by atoms with Gasteiger partial charge in [0.25, 0.3) is 0 Å². The fourth-order valence-corrected chi connectivity index (χ4v) is 11.6. The summed E-state index contributed by atoms with van der Waals surface area (Å²) in [7, 11) is -1.04. The summed E-state index contributed by atoms with van der Waals surface area (Å²) in [5.74, 6) is 0. The molecule has 0 N–H and O–H groups in total. The lowest BCUT2D eigenvalue weighted by molar-refractivity contribution is 1.38. The molecule has 0 saturated heterocycles. The number of hydrogen-bond acceptors (Lipinski definition) is 0. The van der Waals surface area contributed by atoms with Gasteiger partial charge in [0.05, 0.1) is 0 Å². The van der Waals surface area contributed by atoms with Gasteiger partial charge in [-0.2, -0.15) is 0 Å². The lowest BCUT2D eigenvalue weighted by Crippen LogP contribution is -1.77. The highest BCUT2D eigenvalue weighted by Gasteiger charge is 2.19. The Labute approximate surface area is 198 Å². The molecular weight excluding hydrogens is 534 g/mol. The molecule has 0 aliphatic carbocycles. The molecule has 0 radical (unpaired) electrons. The third-order valence-electron chi connectivity index (χ3n) is 5.81. The summed E-state index contributed by atoms with van der Waals surface area (Å²) in [5.41, 5.74) is 5.55. The van der Waals surface area contributed by atoms with Crippen LogP contribution in [0.5, 0.6) is 0 Å². The van der Waals surface area contributed by atoms with Gasteiger partial charge in [-0.15, -0.1) is 0 Å². The van der Waals surface area contributed by atoms with E-state index in [1.807, 2.05) is 0 Å². The first-order chi connectivity index (χ1) is 14.4. The molecule has 0 amide bonds. The van der Waals surface area contributed by atoms with Crippen molar-refractivity contribution in [2.24, 2.45) is 0 Å². The van der Waals surface area contributed by atoms with E-state index in [-0.39, 0.29) is 0 Å². The van der Waals surface area contributed by atoms with Crippen LogP contribution in [0.25, 0.3) is 22.8 Å². The fourth-order valence-electron chi connectivity index (χ4n) is 3.79.